The highest BCUT2D eigenvalue weighted by molar-refractivity contribution is 5.88. The van der Waals surface area contributed by atoms with E-state index in [4.69, 9.17) is 0 Å². The topological polar surface area (TPSA) is 24.4 Å². The molecule has 0 fully saturated rings. The highest BCUT2D eigenvalue weighted by atomic mass is 14.9. The van der Waals surface area contributed by atoms with Crippen molar-refractivity contribution in [1.82, 2.24) is 0 Å². The number of benzene rings is 3. The molecule has 4 aliphatic rings. The maximum Gasteiger partial charge on any atom is 0.0469 e. The van der Waals surface area contributed by atoms with Crippen LogP contribution in [0.25, 0.3) is 12.2 Å². The summed E-state index contributed by atoms with van der Waals surface area (Å²) in [6.07, 6.45) is 28.6. The molecule has 1 aliphatic heterocycles. The normalized spacial score (nSPS) is 15.3. The van der Waals surface area contributed by atoms with Crippen molar-refractivity contribution in [2.24, 2.45) is 4.99 Å². The van der Waals surface area contributed by atoms with Crippen LogP contribution in [0.3, 0.4) is 0 Å². The van der Waals surface area contributed by atoms with Crippen LogP contribution in [0.2, 0.25) is 0 Å². The van der Waals surface area contributed by atoms with Crippen molar-refractivity contribution in [1.29, 1.82) is 0 Å². The molecule has 2 nitrogen and oxygen atoms in total. The fourth-order valence-corrected chi connectivity index (χ4v) is 4.91. The predicted molar refractivity (Wildman–Crippen MR) is 154 cm³/mol. The molecule has 0 aromatic heterocycles. The van der Waals surface area contributed by atoms with Crippen LogP contribution in [0.15, 0.2) is 115 Å². The summed E-state index contributed by atoms with van der Waals surface area (Å²) in [7, 11) is 0. The Hall–Kier alpha value is -4.17. The summed E-state index contributed by atoms with van der Waals surface area (Å²) in [6, 6.07) is 21.4. The summed E-state index contributed by atoms with van der Waals surface area (Å²) in [5.41, 5.74) is 5.40. The largest absolute Gasteiger partial charge is 0.360 e. The third kappa shape index (κ3) is 5.72. The van der Waals surface area contributed by atoms with Crippen LogP contribution in [0.4, 0.5) is 5.69 Å². The van der Waals surface area contributed by atoms with E-state index in [1.165, 1.54) is 40.1 Å². The number of para-hydroxylation sites is 1. The minimum atomic E-state index is 1.08. The van der Waals surface area contributed by atoms with Gasteiger partial charge in [-0.3, -0.25) is 4.99 Å². The van der Waals surface area contributed by atoms with Crippen molar-refractivity contribution in [3.05, 3.63) is 147 Å². The summed E-state index contributed by atoms with van der Waals surface area (Å²) in [5, 5.41) is 8.86. The molecule has 1 heterocycles. The number of nitrogens with zero attached hydrogens (tertiary/aromatic N) is 1. The van der Waals surface area contributed by atoms with Gasteiger partial charge in [0.15, 0.2) is 0 Å². The zero-order chi connectivity index (χ0) is 24.4. The second kappa shape index (κ2) is 12.0. The first-order valence-corrected chi connectivity index (χ1v) is 12.8. The van der Waals surface area contributed by atoms with Gasteiger partial charge in [-0.25, -0.2) is 0 Å². The molecule has 0 radical (unpaired) electrons. The fourth-order valence-electron chi connectivity index (χ4n) is 4.91. The van der Waals surface area contributed by atoms with Crippen molar-refractivity contribution >= 4 is 24.1 Å². The summed E-state index contributed by atoms with van der Waals surface area (Å²) in [5.74, 6) is 0. The number of fused-ring (bicyclic) bond motifs is 5. The molecule has 0 atom stereocenters. The van der Waals surface area contributed by atoms with Gasteiger partial charge in [-0.1, -0.05) is 103 Å². The Balaban J connectivity index is 0.000000126. The Labute approximate surface area is 213 Å². The average molecular weight is 469 g/mol. The highest BCUT2D eigenvalue weighted by Crippen LogP contribution is 2.17. The third-order valence-corrected chi connectivity index (χ3v) is 6.69. The molecule has 0 unspecified atom stereocenters. The lowest BCUT2D eigenvalue weighted by Crippen LogP contribution is -2.19. The Bertz CT molecular complexity index is 1570. The van der Waals surface area contributed by atoms with E-state index in [1.54, 1.807) is 17.3 Å². The SMILES string of the molecule is C1=CC=CCC=C1.C1=CNc2ccccc2C=N1.C1=c2ccc3c(c2CCC1)CC=c1ccccc1=3. The van der Waals surface area contributed by atoms with Gasteiger partial charge in [-0.15, -0.1) is 0 Å². The predicted octanol–water partition coefficient (Wildman–Crippen LogP) is 6.49. The average Bonchev–Trinajstić information content (AvgIpc) is 3.39. The van der Waals surface area contributed by atoms with Gasteiger partial charge in [-0.05, 0) is 70.2 Å². The molecule has 7 rings (SSSR count). The minimum Gasteiger partial charge on any atom is -0.360 e. The van der Waals surface area contributed by atoms with Crippen LogP contribution < -0.4 is 15.8 Å². The Morgan fingerprint density at radius 1 is 0.694 bits per heavy atom. The molecule has 178 valence electrons. The second-order valence-corrected chi connectivity index (χ2v) is 9.05. The van der Waals surface area contributed by atoms with Crippen molar-refractivity contribution in [3.63, 3.8) is 0 Å². The number of anilines is 1. The van der Waals surface area contributed by atoms with Crippen LogP contribution in [0.1, 0.15) is 36.0 Å². The lowest BCUT2D eigenvalue weighted by atomic mass is 9.89. The zero-order valence-electron chi connectivity index (χ0n) is 20.6. The van der Waals surface area contributed by atoms with Crippen LogP contribution in [0, 0.1) is 10.4 Å². The van der Waals surface area contributed by atoms with Gasteiger partial charge in [0.2, 0.25) is 0 Å². The van der Waals surface area contributed by atoms with Gasteiger partial charge in [0, 0.05) is 29.9 Å². The van der Waals surface area contributed by atoms with Crippen molar-refractivity contribution < 1.29 is 0 Å². The summed E-state index contributed by atoms with van der Waals surface area (Å²) in [6.45, 7) is 0. The maximum atomic E-state index is 4.04. The maximum absolute atomic E-state index is 4.04. The van der Waals surface area contributed by atoms with E-state index in [0.717, 1.165) is 24.1 Å². The summed E-state index contributed by atoms with van der Waals surface area (Å²) in [4.78, 5) is 4.04. The van der Waals surface area contributed by atoms with E-state index < -0.39 is 0 Å². The minimum absolute atomic E-state index is 1.08. The summed E-state index contributed by atoms with van der Waals surface area (Å²) >= 11 is 0. The molecular weight excluding hydrogens is 436 g/mol. The van der Waals surface area contributed by atoms with E-state index in [-0.39, 0.29) is 0 Å². The second-order valence-electron chi connectivity index (χ2n) is 9.05. The smallest absolute Gasteiger partial charge is 0.0469 e. The lowest BCUT2D eigenvalue weighted by molar-refractivity contribution is 0.824. The highest BCUT2D eigenvalue weighted by Gasteiger charge is 2.10. The fraction of sp³-hybridized carbons (Fsp3) is 0.147. The molecule has 0 saturated carbocycles. The number of allylic oxidation sites excluding steroid dienone is 6. The van der Waals surface area contributed by atoms with Crippen LogP contribution in [-0.4, -0.2) is 6.21 Å². The number of aliphatic imine (C=N–C) groups is 1. The van der Waals surface area contributed by atoms with Gasteiger partial charge in [0.25, 0.3) is 0 Å². The van der Waals surface area contributed by atoms with E-state index in [2.05, 4.69) is 83.2 Å². The van der Waals surface area contributed by atoms with Gasteiger partial charge >= 0.3 is 0 Å². The van der Waals surface area contributed by atoms with Crippen LogP contribution >= 0.6 is 0 Å². The van der Waals surface area contributed by atoms with Gasteiger partial charge < -0.3 is 5.32 Å². The molecule has 0 bridgehead atoms. The Morgan fingerprint density at radius 3 is 2.44 bits per heavy atom. The monoisotopic (exact) mass is 468 g/mol. The molecule has 36 heavy (non-hydrogen) atoms. The first-order chi connectivity index (χ1) is 17.9. The molecule has 3 aromatic rings. The number of nitrogens with one attached hydrogen (secondary N) is 1. The third-order valence-electron chi connectivity index (χ3n) is 6.69. The van der Waals surface area contributed by atoms with Gasteiger partial charge in [-0.2, -0.15) is 0 Å². The Morgan fingerprint density at radius 2 is 1.53 bits per heavy atom. The van der Waals surface area contributed by atoms with E-state index in [1.807, 2.05) is 48.8 Å². The molecular formula is C34H32N2. The van der Waals surface area contributed by atoms with Crippen molar-refractivity contribution in [3.8, 4) is 0 Å². The molecule has 0 amide bonds. The van der Waals surface area contributed by atoms with E-state index in [0.29, 0.717) is 0 Å². The zero-order valence-corrected chi connectivity index (χ0v) is 20.6. The number of rotatable bonds is 0. The molecule has 1 N–H and O–H groups in total. The van der Waals surface area contributed by atoms with Gasteiger partial charge in [0.1, 0.15) is 0 Å². The van der Waals surface area contributed by atoms with Crippen LogP contribution in [-0.2, 0) is 12.8 Å². The van der Waals surface area contributed by atoms with E-state index >= 15 is 0 Å². The number of hydrogen-bond acceptors (Lipinski definition) is 2. The molecule has 0 saturated heterocycles. The van der Waals surface area contributed by atoms with Gasteiger partial charge in [0.05, 0.1) is 0 Å². The molecule has 2 heteroatoms. The quantitative estimate of drug-likeness (QED) is 0.401. The number of hydrogen-bond donors (Lipinski definition) is 1. The van der Waals surface area contributed by atoms with Crippen molar-refractivity contribution in [2.45, 2.75) is 32.1 Å². The standard InChI is InChI=1S/C18H16.C9H8N2.C7H8/c1-3-7-15-13(5-1)9-11-18-16-8-4-2-6-14(16)10-12-17(15)18;1-2-4-9-8(3-1)7-10-5-6-11-9;1-2-4-6-7-5-3-1/h1,3,5-7,9-10,12H,2,4,8,11H2;1-7,11H;1-6H,7H2. The first kappa shape index (κ1) is 23.6. The molecule has 0 spiro atoms. The Kier molecular flexibility index (Phi) is 7.85. The van der Waals surface area contributed by atoms with Crippen molar-refractivity contribution in [2.75, 3.05) is 5.32 Å². The molecule has 3 aromatic carbocycles. The summed E-state index contributed by atoms with van der Waals surface area (Å²) < 4.78 is 0. The van der Waals surface area contributed by atoms with E-state index in [9.17, 15) is 0 Å². The lowest BCUT2D eigenvalue weighted by Gasteiger charge is -2.16. The van der Waals surface area contributed by atoms with Crippen LogP contribution in [0.5, 0.6) is 0 Å². The molecule has 3 aliphatic carbocycles. The first-order valence-electron chi connectivity index (χ1n) is 12.8.